The lowest BCUT2D eigenvalue weighted by atomic mass is 10.0. The lowest BCUT2D eigenvalue weighted by molar-refractivity contribution is 0.103. The van der Waals surface area contributed by atoms with E-state index in [-0.39, 0.29) is 11.5 Å². The normalized spacial score (nSPS) is 20.7. The standard InChI is InChI=1S/C14H19ClO3/c1-16-10-5-6-12(14(9-10)17-2)13(15)8-11-4-3-7-18-11/h5-6,9,11,13H,3-4,7-8H2,1-2H3. The van der Waals surface area contributed by atoms with E-state index in [1.807, 2.05) is 18.2 Å². The van der Waals surface area contributed by atoms with Gasteiger partial charge in [-0.15, -0.1) is 11.6 Å². The number of rotatable bonds is 5. The molecule has 1 saturated heterocycles. The zero-order valence-corrected chi connectivity index (χ0v) is 11.6. The Labute approximate surface area is 113 Å². The van der Waals surface area contributed by atoms with Gasteiger partial charge in [0, 0.05) is 18.2 Å². The number of ether oxygens (including phenoxy) is 3. The van der Waals surface area contributed by atoms with Crippen molar-refractivity contribution in [3.63, 3.8) is 0 Å². The monoisotopic (exact) mass is 270 g/mol. The van der Waals surface area contributed by atoms with E-state index < -0.39 is 0 Å². The van der Waals surface area contributed by atoms with Crippen molar-refractivity contribution < 1.29 is 14.2 Å². The number of benzene rings is 1. The third-order valence-corrected chi connectivity index (χ3v) is 3.69. The zero-order valence-electron chi connectivity index (χ0n) is 10.8. The quantitative estimate of drug-likeness (QED) is 0.766. The molecule has 0 N–H and O–H groups in total. The molecule has 1 fully saturated rings. The highest BCUT2D eigenvalue weighted by atomic mass is 35.5. The lowest BCUT2D eigenvalue weighted by Gasteiger charge is -2.17. The molecule has 3 nitrogen and oxygen atoms in total. The van der Waals surface area contributed by atoms with Crippen molar-refractivity contribution in [2.75, 3.05) is 20.8 Å². The Hall–Kier alpha value is -0.930. The summed E-state index contributed by atoms with van der Waals surface area (Å²) in [4.78, 5) is 0. The molecule has 2 atom stereocenters. The molecule has 0 amide bonds. The molecule has 1 aromatic rings. The van der Waals surface area contributed by atoms with E-state index in [0.717, 1.165) is 42.9 Å². The Kier molecular flexibility index (Phi) is 4.72. The second kappa shape index (κ2) is 6.30. The van der Waals surface area contributed by atoms with Gasteiger partial charge in [-0.25, -0.2) is 0 Å². The smallest absolute Gasteiger partial charge is 0.127 e. The molecule has 2 rings (SSSR count). The van der Waals surface area contributed by atoms with Gasteiger partial charge in [-0.2, -0.15) is 0 Å². The van der Waals surface area contributed by atoms with E-state index >= 15 is 0 Å². The fourth-order valence-corrected chi connectivity index (χ4v) is 2.64. The van der Waals surface area contributed by atoms with Crippen molar-refractivity contribution >= 4 is 11.6 Å². The fourth-order valence-electron chi connectivity index (χ4n) is 2.27. The van der Waals surface area contributed by atoms with Crippen molar-refractivity contribution in [3.05, 3.63) is 23.8 Å². The van der Waals surface area contributed by atoms with Crippen LogP contribution in [0.25, 0.3) is 0 Å². The molecule has 1 aliphatic rings. The van der Waals surface area contributed by atoms with E-state index in [0.29, 0.717) is 0 Å². The maximum Gasteiger partial charge on any atom is 0.127 e. The summed E-state index contributed by atoms with van der Waals surface area (Å²) in [7, 11) is 3.28. The van der Waals surface area contributed by atoms with E-state index in [1.165, 1.54) is 0 Å². The first-order chi connectivity index (χ1) is 8.74. The molecule has 0 aromatic heterocycles. The predicted molar refractivity (Wildman–Crippen MR) is 71.7 cm³/mol. The molecule has 1 aliphatic heterocycles. The summed E-state index contributed by atoms with van der Waals surface area (Å²) in [6.07, 6.45) is 3.33. The number of methoxy groups -OCH3 is 2. The molecule has 4 heteroatoms. The first kappa shape index (κ1) is 13.5. The molecule has 1 aromatic carbocycles. The van der Waals surface area contributed by atoms with E-state index in [4.69, 9.17) is 25.8 Å². The van der Waals surface area contributed by atoms with Crippen LogP contribution in [0.15, 0.2) is 18.2 Å². The maximum atomic E-state index is 6.46. The molecule has 0 aliphatic carbocycles. The van der Waals surface area contributed by atoms with Crippen LogP contribution < -0.4 is 9.47 Å². The van der Waals surface area contributed by atoms with Gasteiger partial charge in [0.05, 0.1) is 25.7 Å². The summed E-state index contributed by atoms with van der Waals surface area (Å²) in [6, 6.07) is 5.73. The summed E-state index contributed by atoms with van der Waals surface area (Å²) >= 11 is 6.46. The van der Waals surface area contributed by atoms with Crippen LogP contribution in [-0.4, -0.2) is 26.9 Å². The molecular formula is C14H19ClO3. The van der Waals surface area contributed by atoms with E-state index in [9.17, 15) is 0 Å². The van der Waals surface area contributed by atoms with Gasteiger partial charge in [-0.3, -0.25) is 0 Å². The van der Waals surface area contributed by atoms with Crippen LogP contribution in [-0.2, 0) is 4.74 Å². The Morgan fingerprint density at radius 2 is 2.22 bits per heavy atom. The van der Waals surface area contributed by atoms with Gasteiger partial charge in [0.25, 0.3) is 0 Å². The van der Waals surface area contributed by atoms with Crippen LogP contribution in [0.2, 0.25) is 0 Å². The summed E-state index contributed by atoms with van der Waals surface area (Å²) in [5.41, 5.74) is 0.996. The van der Waals surface area contributed by atoms with Crippen LogP contribution >= 0.6 is 11.6 Å². The first-order valence-electron chi connectivity index (χ1n) is 6.22. The highest BCUT2D eigenvalue weighted by Crippen LogP contribution is 2.37. The highest BCUT2D eigenvalue weighted by Gasteiger charge is 2.22. The largest absolute Gasteiger partial charge is 0.497 e. The average molecular weight is 271 g/mol. The topological polar surface area (TPSA) is 27.7 Å². The molecule has 100 valence electrons. The Morgan fingerprint density at radius 1 is 1.39 bits per heavy atom. The number of alkyl halides is 1. The molecule has 0 bridgehead atoms. The van der Waals surface area contributed by atoms with Gasteiger partial charge < -0.3 is 14.2 Å². The van der Waals surface area contributed by atoms with Crippen molar-refractivity contribution in [3.8, 4) is 11.5 Å². The van der Waals surface area contributed by atoms with Gasteiger partial charge in [0.15, 0.2) is 0 Å². The maximum absolute atomic E-state index is 6.46. The van der Waals surface area contributed by atoms with Crippen LogP contribution in [0.5, 0.6) is 11.5 Å². The van der Waals surface area contributed by atoms with Gasteiger partial charge in [0.1, 0.15) is 11.5 Å². The zero-order chi connectivity index (χ0) is 13.0. The predicted octanol–water partition coefficient (Wildman–Crippen LogP) is 3.55. The van der Waals surface area contributed by atoms with Crippen LogP contribution in [0.4, 0.5) is 0 Å². The minimum absolute atomic E-state index is 0.0889. The van der Waals surface area contributed by atoms with Crippen molar-refractivity contribution in [1.29, 1.82) is 0 Å². The minimum atomic E-state index is -0.0889. The van der Waals surface area contributed by atoms with Crippen LogP contribution in [0.3, 0.4) is 0 Å². The number of halogens is 1. The lowest BCUT2D eigenvalue weighted by Crippen LogP contribution is -2.09. The van der Waals surface area contributed by atoms with Gasteiger partial charge in [-0.1, -0.05) is 6.07 Å². The van der Waals surface area contributed by atoms with Gasteiger partial charge in [-0.05, 0) is 25.3 Å². The molecule has 2 unspecified atom stereocenters. The van der Waals surface area contributed by atoms with Gasteiger partial charge >= 0.3 is 0 Å². The van der Waals surface area contributed by atoms with Gasteiger partial charge in [0.2, 0.25) is 0 Å². The minimum Gasteiger partial charge on any atom is -0.497 e. The summed E-state index contributed by atoms with van der Waals surface area (Å²) in [5.74, 6) is 1.55. The van der Waals surface area contributed by atoms with E-state index in [2.05, 4.69) is 0 Å². The second-order valence-electron chi connectivity index (χ2n) is 4.45. The fraction of sp³-hybridized carbons (Fsp3) is 0.571. The molecule has 0 radical (unpaired) electrons. The number of hydrogen-bond donors (Lipinski definition) is 0. The molecule has 1 heterocycles. The second-order valence-corrected chi connectivity index (χ2v) is 4.97. The SMILES string of the molecule is COc1ccc(C(Cl)CC2CCCO2)c(OC)c1. The highest BCUT2D eigenvalue weighted by molar-refractivity contribution is 6.21. The summed E-state index contributed by atoms with van der Waals surface area (Å²) < 4.78 is 16.2. The van der Waals surface area contributed by atoms with Crippen molar-refractivity contribution in [2.45, 2.75) is 30.7 Å². The van der Waals surface area contributed by atoms with Crippen LogP contribution in [0, 0.1) is 0 Å². The molecule has 0 spiro atoms. The Morgan fingerprint density at radius 3 is 2.83 bits per heavy atom. The molecule has 18 heavy (non-hydrogen) atoms. The Bertz CT molecular complexity index is 389. The Balaban J connectivity index is 2.10. The van der Waals surface area contributed by atoms with Crippen molar-refractivity contribution in [2.24, 2.45) is 0 Å². The summed E-state index contributed by atoms with van der Waals surface area (Å²) in [5, 5.41) is -0.0889. The van der Waals surface area contributed by atoms with Crippen molar-refractivity contribution in [1.82, 2.24) is 0 Å². The molecular weight excluding hydrogens is 252 g/mol. The van der Waals surface area contributed by atoms with Crippen LogP contribution in [0.1, 0.15) is 30.2 Å². The summed E-state index contributed by atoms with van der Waals surface area (Å²) in [6.45, 7) is 0.855. The first-order valence-corrected chi connectivity index (χ1v) is 6.66. The number of hydrogen-bond acceptors (Lipinski definition) is 3. The average Bonchev–Trinajstić information content (AvgIpc) is 2.90. The molecule has 0 saturated carbocycles. The third kappa shape index (κ3) is 3.09. The van der Waals surface area contributed by atoms with E-state index in [1.54, 1.807) is 14.2 Å². The third-order valence-electron chi connectivity index (χ3n) is 3.27.